The predicted molar refractivity (Wildman–Crippen MR) is 145 cm³/mol. The monoisotopic (exact) mass is 582 g/mol. The first-order valence-electron chi connectivity index (χ1n) is 12.8. The van der Waals surface area contributed by atoms with E-state index in [2.05, 4.69) is 35.5 Å². The van der Waals surface area contributed by atoms with Crippen molar-refractivity contribution in [1.29, 1.82) is 0 Å². The SMILES string of the molecule is O=C(Cc1cccc(OC(F)(F)F)c1)Nc1ccc(CC2CC(c3nnc(NC(=O)Cc4ccccn4)s3)C2)nc1. The minimum absolute atomic E-state index is 0.110. The van der Waals surface area contributed by atoms with Gasteiger partial charge in [0.25, 0.3) is 0 Å². The largest absolute Gasteiger partial charge is 0.573 e. The van der Waals surface area contributed by atoms with Crippen LogP contribution in [0.2, 0.25) is 0 Å². The van der Waals surface area contributed by atoms with Crippen LogP contribution >= 0.6 is 11.3 Å². The van der Waals surface area contributed by atoms with Crippen molar-refractivity contribution in [3.63, 3.8) is 0 Å². The average molecular weight is 583 g/mol. The quantitative estimate of drug-likeness (QED) is 0.260. The van der Waals surface area contributed by atoms with Gasteiger partial charge in [-0.15, -0.1) is 23.4 Å². The number of carbonyl (C=O) groups excluding carboxylic acids is 2. The van der Waals surface area contributed by atoms with Crippen LogP contribution in [-0.4, -0.2) is 38.3 Å². The third kappa shape index (κ3) is 8.30. The second-order valence-corrected chi connectivity index (χ2v) is 10.7. The summed E-state index contributed by atoms with van der Waals surface area (Å²) in [5.74, 6) is -0.215. The minimum atomic E-state index is -4.80. The fourth-order valence-electron chi connectivity index (χ4n) is 4.54. The van der Waals surface area contributed by atoms with Crippen LogP contribution in [0.1, 0.15) is 40.7 Å². The van der Waals surface area contributed by atoms with E-state index in [4.69, 9.17) is 0 Å². The van der Waals surface area contributed by atoms with Crippen molar-refractivity contribution in [3.05, 3.63) is 88.9 Å². The number of benzene rings is 1. The Morgan fingerprint density at radius 1 is 0.927 bits per heavy atom. The molecular formula is C28H25F3N6O3S. The molecule has 3 aromatic heterocycles. The summed E-state index contributed by atoms with van der Waals surface area (Å²) in [5, 5.41) is 15.2. The summed E-state index contributed by atoms with van der Waals surface area (Å²) in [6.45, 7) is 0. The van der Waals surface area contributed by atoms with Crippen molar-refractivity contribution in [3.8, 4) is 5.75 Å². The van der Waals surface area contributed by atoms with E-state index in [9.17, 15) is 22.8 Å². The van der Waals surface area contributed by atoms with E-state index in [1.807, 2.05) is 12.1 Å². The zero-order chi connectivity index (χ0) is 28.8. The van der Waals surface area contributed by atoms with Gasteiger partial charge in [-0.05, 0) is 67.1 Å². The summed E-state index contributed by atoms with van der Waals surface area (Å²) >= 11 is 1.39. The molecule has 3 heterocycles. The van der Waals surface area contributed by atoms with Gasteiger partial charge in [0, 0.05) is 23.5 Å². The van der Waals surface area contributed by atoms with Crippen LogP contribution in [-0.2, 0) is 28.9 Å². The van der Waals surface area contributed by atoms with Crippen molar-refractivity contribution in [2.24, 2.45) is 5.92 Å². The van der Waals surface area contributed by atoms with Crippen LogP contribution in [0.4, 0.5) is 24.0 Å². The molecule has 212 valence electrons. The topological polar surface area (TPSA) is 119 Å². The van der Waals surface area contributed by atoms with E-state index in [-0.39, 0.29) is 36.3 Å². The highest BCUT2D eigenvalue weighted by Crippen LogP contribution is 2.44. The van der Waals surface area contributed by atoms with E-state index in [1.165, 1.54) is 29.5 Å². The lowest BCUT2D eigenvalue weighted by atomic mass is 9.73. The molecule has 5 rings (SSSR count). The highest BCUT2D eigenvalue weighted by molar-refractivity contribution is 7.15. The number of alkyl halides is 3. The smallest absolute Gasteiger partial charge is 0.406 e. The number of hydrogen-bond acceptors (Lipinski definition) is 8. The molecular weight excluding hydrogens is 557 g/mol. The van der Waals surface area contributed by atoms with Gasteiger partial charge in [0.2, 0.25) is 16.9 Å². The number of anilines is 2. The zero-order valence-corrected chi connectivity index (χ0v) is 22.4. The molecule has 0 unspecified atom stereocenters. The van der Waals surface area contributed by atoms with E-state index in [0.717, 1.165) is 30.0 Å². The number of pyridine rings is 2. The van der Waals surface area contributed by atoms with Crippen molar-refractivity contribution in [2.45, 2.75) is 44.4 Å². The Labute approximate surface area is 237 Å². The lowest BCUT2D eigenvalue weighted by Crippen LogP contribution is -2.24. The molecule has 1 saturated carbocycles. The number of hydrogen-bond donors (Lipinski definition) is 2. The lowest BCUT2D eigenvalue weighted by molar-refractivity contribution is -0.274. The molecule has 4 aromatic rings. The first-order chi connectivity index (χ1) is 19.7. The van der Waals surface area contributed by atoms with Crippen LogP contribution < -0.4 is 15.4 Å². The second-order valence-electron chi connectivity index (χ2n) is 9.69. The molecule has 1 aromatic carbocycles. The molecule has 1 aliphatic carbocycles. The highest BCUT2D eigenvalue weighted by Gasteiger charge is 2.33. The maximum atomic E-state index is 12.4. The lowest BCUT2D eigenvalue weighted by Gasteiger charge is -2.33. The average Bonchev–Trinajstić information content (AvgIpc) is 3.34. The fraction of sp³-hybridized carbons (Fsp3) is 0.286. The maximum Gasteiger partial charge on any atom is 0.573 e. The first kappa shape index (κ1) is 28.1. The molecule has 0 saturated heterocycles. The third-order valence-electron chi connectivity index (χ3n) is 6.44. The normalized spacial score (nSPS) is 16.5. The summed E-state index contributed by atoms with van der Waals surface area (Å²) in [6, 6.07) is 14.3. The van der Waals surface area contributed by atoms with Crippen molar-refractivity contribution in [2.75, 3.05) is 10.6 Å². The molecule has 41 heavy (non-hydrogen) atoms. The Morgan fingerprint density at radius 2 is 1.76 bits per heavy atom. The Bertz CT molecular complexity index is 1490. The van der Waals surface area contributed by atoms with Crippen LogP contribution in [0.5, 0.6) is 5.75 Å². The number of nitrogens with zero attached hydrogens (tertiary/aromatic N) is 4. The number of rotatable bonds is 10. The molecule has 0 bridgehead atoms. The maximum absolute atomic E-state index is 12.4. The summed E-state index contributed by atoms with van der Waals surface area (Å²) in [7, 11) is 0. The van der Waals surface area contributed by atoms with Crippen LogP contribution in [0.15, 0.2) is 67.0 Å². The van der Waals surface area contributed by atoms with Crippen LogP contribution in [0, 0.1) is 5.92 Å². The molecule has 0 aliphatic heterocycles. The van der Waals surface area contributed by atoms with Gasteiger partial charge in [0.05, 0.1) is 24.7 Å². The summed E-state index contributed by atoms with van der Waals surface area (Å²) in [5.41, 5.74) is 2.47. The molecule has 2 amide bonds. The number of amides is 2. The molecule has 0 radical (unpaired) electrons. The van der Waals surface area contributed by atoms with Gasteiger partial charge in [0.15, 0.2) is 0 Å². The van der Waals surface area contributed by atoms with Gasteiger partial charge >= 0.3 is 6.36 Å². The van der Waals surface area contributed by atoms with Gasteiger partial charge in [-0.3, -0.25) is 19.6 Å². The zero-order valence-electron chi connectivity index (χ0n) is 21.6. The van der Waals surface area contributed by atoms with Crippen LogP contribution in [0.3, 0.4) is 0 Å². The molecule has 1 aliphatic rings. The minimum Gasteiger partial charge on any atom is -0.406 e. The molecule has 13 heteroatoms. The van der Waals surface area contributed by atoms with Crippen molar-refractivity contribution < 1.29 is 27.5 Å². The Balaban J connectivity index is 1.04. The van der Waals surface area contributed by atoms with Gasteiger partial charge in [-0.2, -0.15) is 0 Å². The molecule has 1 fully saturated rings. The number of nitrogens with one attached hydrogen (secondary N) is 2. The number of carbonyl (C=O) groups is 2. The van der Waals surface area contributed by atoms with E-state index < -0.39 is 6.36 Å². The van der Waals surface area contributed by atoms with E-state index in [0.29, 0.717) is 28.0 Å². The molecule has 2 N–H and O–H groups in total. The Morgan fingerprint density at radius 3 is 2.49 bits per heavy atom. The highest BCUT2D eigenvalue weighted by atomic mass is 32.1. The fourth-order valence-corrected chi connectivity index (χ4v) is 5.43. The Kier molecular flexibility index (Phi) is 8.53. The molecule has 9 nitrogen and oxygen atoms in total. The van der Waals surface area contributed by atoms with Crippen molar-refractivity contribution >= 4 is 34.0 Å². The van der Waals surface area contributed by atoms with Crippen LogP contribution in [0.25, 0.3) is 0 Å². The standard InChI is InChI=1S/C28H25F3N6O3S/c29-28(30,31)40-23-6-3-4-17(13-23)14-24(38)34-22-8-7-21(33-16-22)12-18-10-19(11-18)26-36-37-27(41-26)35-25(39)15-20-5-1-2-9-32-20/h1-9,13,16,18-19H,10-12,14-15H2,(H,34,38)(H,35,37,39). The number of ether oxygens (including phenoxy) is 1. The Hall–Kier alpha value is -4.39. The van der Waals surface area contributed by atoms with Crippen molar-refractivity contribution in [1.82, 2.24) is 20.2 Å². The first-order valence-corrected chi connectivity index (χ1v) is 13.6. The summed E-state index contributed by atoms with van der Waals surface area (Å²) in [6.07, 6.45) is 1.14. The van der Waals surface area contributed by atoms with Gasteiger partial charge in [-0.25, -0.2) is 0 Å². The van der Waals surface area contributed by atoms with E-state index >= 15 is 0 Å². The van der Waals surface area contributed by atoms with Gasteiger partial charge in [-0.1, -0.05) is 29.5 Å². The molecule has 0 atom stereocenters. The second kappa shape index (κ2) is 12.4. The summed E-state index contributed by atoms with van der Waals surface area (Å²) < 4.78 is 41.2. The molecule has 0 spiro atoms. The number of aromatic nitrogens is 4. The summed E-state index contributed by atoms with van der Waals surface area (Å²) in [4.78, 5) is 33.2. The van der Waals surface area contributed by atoms with Gasteiger partial charge in [0.1, 0.15) is 10.8 Å². The predicted octanol–water partition coefficient (Wildman–Crippen LogP) is 5.33. The number of halogens is 3. The third-order valence-corrected chi connectivity index (χ3v) is 7.44. The van der Waals surface area contributed by atoms with E-state index in [1.54, 1.807) is 36.7 Å². The van der Waals surface area contributed by atoms with Gasteiger partial charge < -0.3 is 15.4 Å².